The molecule has 0 aliphatic heterocycles. The Morgan fingerprint density at radius 3 is 2.32 bits per heavy atom. The van der Waals surface area contributed by atoms with Gasteiger partial charge in [0.15, 0.2) is 0 Å². The van der Waals surface area contributed by atoms with Gasteiger partial charge in [-0.3, -0.25) is 0 Å². The van der Waals surface area contributed by atoms with Crippen molar-refractivity contribution in [1.29, 1.82) is 0 Å². The molecule has 3 aromatic carbocycles. The number of benzene rings is 3. The fraction of sp³-hybridized carbons (Fsp3) is 0. The van der Waals surface area contributed by atoms with E-state index < -0.39 is 0 Å². The molecule has 1 N–H and O–H groups in total. The maximum atomic E-state index is 3.17. The van der Waals surface area contributed by atoms with Gasteiger partial charge >= 0.3 is 0 Å². The zero-order valence-electron chi connectivity index (χ0n) is 10.4. The van der Waals surface area contributed by atoms with Crippen molar-refractivity contribution in [3.63, 3.8) is 0 Å². The highest BCUT2D eigenvalue weighted by Gasteiger charge is 2.05. The first-order valence-electron chi connectivity index (χ1n) is 6.39. The number of nitrogens with one attached hydrogen (secondary N) is 1. The summed E-state index contributed by atoms with van der Waals surface area (Å²) in [6, 6.07) is 21.5. The lowest BCUT2D eigenvalue weighted by molar-refractivity contribution is 1.40. The molecule has 89 valence electrons. The number of aromatic nitrogens is 1. The summed E-state index contributed by atoms with van der Waals surface area (Å²) in [5, 5.41) is 5.10. The maximum Gasteiger partial charge on any atom is 0.0705 e. The average Bonchev–Trinajstić information content (AvgIpc) is 2.98. The van der Waals surface area contributed by atoms with Crippen LogP contribution in [0.25, 0.3) is 32.7 Å². The van der Waals surface area contributed by atoms with E-state index in [1.54, 1.807) is 0 Å². The summed E-state index contributed by atoms with van der Waals surface area (Å²) < 4.78 is 0. The van der Waals surface area contributed by atoms with Crippen LogP contribution in [0.3, 0.4) is 0 Å². The molecule has 0 aliphatic rings. The molecule has 4 rings (SSSR count). The van der Waals surface area contributed by atoms with Gasteiger partial charge in [-0.05, 0) is 45.3 Å². The molecular weight excluding hydrogens is 230 g/mol. The molecule has 1 heteroatoms. The molecule has 4 aromatic rings. The van der Waals surface area contributed by atoms with Crippen LogP contribution in [0.15, 0.2) is 66.9 Å². The average molecular weight is 242 g/mol. The van der Waals surface area contributed by atoms with Crippen molar-refractivity contribution >= 4 is 21.5 Å². The fourth-order valence-electron chi connectivity index (χ4n) is 2.64. The number of hydrogen-bond donors (Lipinski definition) is 1. The van der Waals surface area contributed by atoms with Crippen molar-refractivity contribution in [2.75, 3.05) is 0 Å². The van der Waals surface area contributed by atoms with Gasteiger partial charge in [0.05, 0.1) is 6.20 Å². The lowest BCUT2D eigenvalue weighted by atomic mass is 9.97. The van der Waals surface area contributed by atoms with Gasteiger partial charge in [-0.25, -0.2) is 0 Å². The molecule has 0 amide bonds. The molecule has 0 bridgehead atoms. The summed E-state index contributed by atoms with van der Waals surface area (Å²) in [6.45, 7) is 0. The number of aromatic amines is 1. The highest BCUT2D eigenvalue weighted by molar-refractivity contribution is 6.04. The molecule has 0 spiro atoms. The number of fused-ring (bicyclic) bond motifs is 2. The van der Waals surface area contributed by atoms with E-state index in [1.807, 2.05) is 6.20 Å². The van der Waals surface area contributed by atoms with E-state index in [9.17, 15) is 0 Å². The first kappa shape index (κ1) is 10.4. The van der Waals surface area contributed by atoms with E-state index in [-0.39, 0.29) is 0 Å². The lowest BCUT2D eigenvalue weighted by Gasteiger charge is -2.07. The molecule has 19 heavy (non-hydrogen) atoms. The first-order valence-corrected chi connectivity index (χ1v) is 6.39. The minimum Gasteiger partial charge on any atom is -0.359 e. The van der Waals surface area contributed by atoms with E-state index in [0.29, 0.717) is 0 Å². The number of hydrogen-bond acceptors (Lipinski definition) is 0. The largest absolute Gasteiger partial charge is 0.359 e. The van der Waals surface area contributed by atoms with Crippen LogP contribution in [-0.4, -0.2) is 4.98 Å². The molecule has 0 aliphatic carbocycles. The summed E-state index contributed by atoms with van der Waals surface area (Å²) in [5.41, 5.74) is 2.34. The van der Waals surface area contributed by atoms with Crippen molar-refractivity contribution in [3.05, 3.63) is 73.1 Å². The van der Waals surface area contributed by atoms with Crippen LogP contribution in [0, 0.1) is 6.20 Å². The van der Waals surface area contributed by atoms with Gasteiger partial charge in [0, 0.05) is 11.8 Å². The minimum absolute atomic E-state index is 1.11. The summed E-state index contributed by atoms with van der Waals surface area (Å²) in [4.78, 5) is 3.01. The van der Waals surface area contributed by atoms with Crippen LogP contribution < -0.4 is 0 Å². The molecular formula is C18H12N. The molecule has 1 nitrogen and oxygen atoms in total. The molecule has 0 unspecified atom stereocenters. The Bertz CT molecular complexity index is 857. The number of H-pyrrole nitrogens is 1. The Morgan fingerprint density at radius 2 is 1.53 bits per heavy atom. The smallest absolute Gasteiger partial charge is 0.0705 e. The van der Waals surface area contributed by atoms with Crippen LogP contribution in [0.4, 0.5) is 0 Å². The molecule has 0 atom stereocenters. The van der Waals surface area contributed by atoms with Crippen LogP contribution in [-0.2, 0) is 0 Å². The van der Waals surface area contributed by atoms with E-state index >= 15 is 0 Å². The molecule has 1 heterocycles. The Hall–Kier alpha value is -2.54. The van der Waals surface area contributed by atoms with Crippen molar-refractivity contribution in [2.45, 2.75) is 0 Å². The van der Waals surface area contributed by atoms with E-state index in [0.717, 1.165) is 5.56 Å². The Morgan fingerprint density at radius 1 is 0.737 bits per heavy atom. The predicted octanol–water partition coefficient (Wildman–Crippen LogP) is 4.79. The van der Waals surface area contributed by atoms with Gasteiger partial charge in [0.25, 0.3) is 0 Å². The van der Waals surface area contributed by atoms with Crippen molar-refractivity contribution in [3.8, 4) is 11.1 Å². The normalized spacial score (nSPS) is 11.2. The Labute approximate surface area is 111 Å². The fourth-order valence-corrected chi connectivity index (χ4v) is 2.64. The monoisotopic (exact) mass is 242 g/mol. The standard InChI is InChI=1S/C18H12N/c1-2-5-14-11-18-15(10-13(14)4-1)6-3-7-17(18)16-8-9-19-12-16/h1-11,19H. The Kier molecular flexibility index (Phi) is 2.18. The molecule has 1 aromatic heterocycles. The quantitative estimate of drug-likeness (QED) is 0.462. The zero-order chi connectivity index (χ0) is 12.7. The van der Waals surface area contributed by atoms with Gasteiger partial charge in [-0.1, -0.05) is 42.5 Å². The van der Waals surface area contributed by atoms with Gasteiger partial charge in [0.1, 0.15) is 0 Å². The van der Waals surface area contributed by atoms with Crippen LogP contribution in [0.1, 0.15) is 0 Å². The van der Waals surface area contributed by atoms with Crippen molar-refractivity contribution < 1.29 is 0 Å². The second-order valence-corrected chi connectivity index (χ2v) is 4.74. The number of rotatable bonds is 1. The third-order valence-electron chi connectivity index (χ3n) is 3.58. The van der Waals surface area contributed by atoms with E-state index in [1.165, 1.54) is 27.1 Å². The summed E-state index contributed by atoms with van der Waals surface area (Å²) in [5.74, 6) is 0. The van der Waals surface area contributed by atoms with E-state index in [2.05, 4.69) is 71.8 Å². The van der Waals surface area contributed by atoms with Crippen molar-refractivity contribution in [1.82, 2.24) is 4.98 Å². The first-order chi connectivity index (χ1) is 9.42. The maximum absolute atomic E-state index is 3.17. The molecule has 0 fully saturated rings. The Balaban J connectivity index is 2.12. The van der Waals surface area contributed by atoms with Crippen LogP contribution in [0.5, 0.6) is 0 Å². The summed E-state index contributed by atoms with van der Waals surface area (Å²) >= 11 is 0. The topological polar surface area (TPSA) is 15.8 Å². The second kappa shape index (κ2) is 3.99. The molecule has 0 saturated carbocycles. The summed E-state index contributed by atoms with van der Waals surface area (Å²) in [7, 11) is 0. The second-order valence-electron chi connectivity index (χ2n) is 4.74. The van der Waals surface area contributed by atoms with Crippen molar-refractivity contribution in [2.24, 2.45) is 0 Å². The highest BCUT2D eigenvalue weighted by atomic mass is 14.6. The van der Waals surface area contributed by atoms with Gasteiger partial charge in [-0.2, -0.15) is 0 Å². The van der Waals surface area contributed by atoms with E-state index in [4.69, 9.17) is 0 Å². The zero-order valence-corrected chi connectivity index (χ0v) is 10.4. The predicted molar refractivity (Wildman–Crippen MR) is 80.1 cm³/mol. The van der Waals surface area contributed by atoms with Gasteiger partial charge in [0.2, 0.25) is 0 Å². The molecule has 0 saturated heterocycles. The van der Waals surface area contributed by atoms with Gasteiger partial charge in [-0.15, -0.1) is 0 Å². The van der Waals surface area contributed by atoms with Gasteiger partial charge < -0.3 is 4.98 Å². The van der Waals surface area contributed by atoms with Crippen LogP contribution >= 0.6 is 0 Å². The van der Waals surface area contributed by atoms with Crippen LogP contribution in [0.2, 0.25) is 0 Å². The summed E-state index contributed by atoms with van der Waals surface area (Å²) in [6.07, 6.45) is 5.08. The molecule has 1 radical (unpaired) electrons. The minimum atomic E-state index is 1.11. The third-order valence-corrected chi connectivity index (χ3v) is 3.58. The third kappa shape index (κ3) is 1.63. The highest BCUT2D eigenvalue weighted by Crippen LogP contribution is 2.31. The SMILES string of the molecule is [c]1[nH]ccc1-c1cccc2cc3ccccc3cc12. The lowest BCUT2D eigenvalue weighted by Crippen LogP contribution is -1.81.